The van der Waals surface area contributed by atoms with Gasteiger partial charge in [-0.3, -0.25) is 13.8 Å². The highest BCUT2D eigenvalue weighted by Gasteiger charge is 2.28. The Balaban J connectivity index is 4.23. The van der Waals surface area contributed by atoms with E-state index in [4.69, 9.17) is 9.05 Å². The molecule has 9 heteroatoms. The second-order valence-corrected chi connectivity index (χ2v) is 21.0. The Morgan fingerprint density at radius 2 is 0.870 bits per heavy atom. The van der Waals surface area contributed by atoms with Gasteiger partial charge in [0.25, 0.3) is 0 Å². The molecule has 3 unspecified atom stereocenters. The third-order valence-corrected chi connectivity index (χ3v) is 12.8. The minimum atomic E-state index is -4.33. The molecule has 396 valence electrons. The Bertz CT molecular complexity index is 1490. The number of phosphoric ester groups is 1. The number of aliphatic hydroxyl groups excluding tert-OH is 1. The molecule has 8 nitrogen and oxygen atoms in total. The van der Waals surface area contributed by atoms with E-state index < -0.39 is 20.0 Å². The van der Waals surface area contributed by atoms with Crippen molar-refractivity contribution in [2.45, 2.75) is 225 Å². The van der Waals surface area contributed by atoms with Crippen molar-refractivity contribution >= 4 is 13.7 Å². The van der Waals surface area contributed by atoms with Crippen LogP contribution in [0.5, 0.6) is 0 Å². The summed E-state index contributed by atoms with van der Waals surface area (Å²) < 4.78 is 23.7. The molecule has 0 aliphatic carbocycles. The van der Waals surface area contributed by atoms with Gasteiger partial charge in [0.2, 0.25) is 5.91 Å². The minimum Gasteiger partial charge on any atom is -0.391 e. The van der Waals surface area contributed by atoms with E-state index in [1.165, 1.54) is 70.6 Å². The van der Waals surface area contributed by atoms with E-state index in [1.54, 1.807) is 0 Å². The largest absolute Gasteiger partial charge is 0.472 e. The molecule has 0 spiro atoms. The molecule has 0 heterocycles. The SMILES string of the molecule is CC/C=C\C/C=C\C/C=C\C/C=C\C/C=C\C/C=C\C/C=C\C/C=C\C/C=C\CCCCCCCC(=O)NC(COP(=O)(O)OCC[N+](C)(C)C)C(O)CCCCCCCCCCCCCCCC. The third kappa shape index (κ3) is 52.8. The molecular formula is C60H106N2O6P+. The Hall–Kier alpha value is -2.84. The monoisotopic (exact) mass is 982 g/mol. The van der Waals surface area contributed by atoms with Crippen molar-refractivity contribution in [3.8, 4) is 0 Å². The van der Waals surface area contributed by atoms with Gasteiger partial charge in [0.15, 0.2) is 0 Å². The van der Waals surface area contributed by atoms with Crippen molar-refractivity contribution < 1.29 is 32.9 Å². The number of carbonyl (C=O) groups excluding carboxylic acids is 1. The number of nitrogens with one attached hydrogen (secondary N) is 1. The lowest BCUT2D eigenvalue weighted by Crippen LogP contribution is -2.46. The molecule has 0 aliphatic heterocycles. The lowest BCUT2D eigenvalue weighted by molar-refractivity contribution is -0.870. The number of hydrogen-bond donors (Lipinski definition) is 3. The molecule has 0 bridgehead atoms. The average Bonchev–Trinajstić information content (AvgIpc) is 3.31. The number of phosphoric acid groups is 1. The predicted molar refractivity (Wildman–Crippen MR) is 299 cm³/mol. The Labute approximate surface area is 425 Å². The molecular weight excluding hydrogens is 876 g/mol. The van der Waals surface area contributed by atoms with Crippen LogP contribution in [0.3, 0.4) is 0 Å². The number of carbonyl (C=O) groups is 1. The minimum absolute atomic E-state index is 0.0648. The molecule has 3 N–H and O–H groups in total. The van der Waals surface area contributed by atoms with Gasteiger partial charge in [0.05, 0.1) is 39.9 Å². The van der Waals surface area contributed by atoms with Crippen LogP contribution in [0.15, 0.2) is 109 Å². The number of nitrogens with zero attached hydrogens (tertiary/aromatic N) is 1. The molecule has 3 atom stereocenters. The number of rotatable bonds is 49. The van der Waals surface area contributed by atoms with Crippen LogP contribution in [-0.2, 0) is 18.4 Å². The van der Waals surface area contributed by atoms with E-state index in [0.717, 1.165) is 116 Å². The number of hydrogen-bond acceptors (Lipinski definition) is 5. The second-order valence-electron chi connectivity index (χ2n) is 19.6. The fraction of sp³-hybridized carbons (Fsp3) is 0.683. The summed E-state index contributed by atoms with van der Waals surface area (Å²) in [6.07, 6.45) is 72.8. The summed E-state index contributed by atoms with van der Waals surface area (Å²) in [5, 5.41) is 14.0. The first-order chi connectivity index (χ1) is 33.5. The third-order valence-electron chi connectivity index (χ3n) is 11.8. The van der Waals surface area contributed by atoms with Gasteiger partial charge in [-0.05, 0) is 83.5 Å². The van der Waals surface area contributed by atoms with Crippen LogP contribution in [0.1, 0.15) is 213 Å². The predicted octanol–water partition coefficient (Wildman–Crippen LogP) is 16.8. The molecule has 0 saturated heterocycles. The van der Waals surface area contributed by atoms with Crippen LogP contribution in [0.2, 0.25) is 0 Å². The van der Waals surface area contributed by atoms with Crippen molar-refractivity contribution in [3.63, 3.8) is 0 Å². The van der Waals surface area contributed by atoms with E-state index in [-0.39, 0.29) is 19.1 Å². The maximum atomic E-state index is 13.0. The standard InChI is InChI=1S/C60H105N2O6P/c1-6-8-10-12-14-16-18-20-22-23-24-25-26-27-28-29-30-31-32-33-34-35-36-37-38-39-40-42-44-46-48-50-52-54-60(64)61-58(57-68-69(65,66)67-56-55-62(3,4)5)59(63)53-51-49-47-45-43-41-21-19-17-15-13-11-9-7-2/h8,10,14,16,20,22,24-25,27-28,30-31,33-34,36-37,39-40,58-59,63H,6-7,9,11-13,15,17-19,21,23,26,29,32,35,38,41-57H2,1-5H3,(H-,61,64,65,66)/p+1/b10-8-,16-14-,22-20-,25-24-,28-27-,31-30-,34-33-,37-36-,40-39-. The highest BCUT2D eigenvalue weighted by atomic mass is 31.2. The summed E-state index contributed by atoms with van der Waals surface area (Å²) in [4.78, 5) is 23.3. The maximum Gasteiger partial charge on any atom is 0.472 e. The molecule has 0 saturated carbocycles. The van der Waals surface area contributed by atoms with Crippen LogP contribution in [0, 0.1) is 0 Å². The van der Waals surface area contributed by atoms with Crippen molar-refractivity contribution in [1.29, 1.82) is 0 Å². The average molecular weight is 982 g/mol. The highest BCUT2D eigenvalue weighted by Crippen LogP contribution is 2.43. The highest BCUT2D eigenvalue weighted by molar-refractivity contribution is 7.47. The first-order valence-corrected chi connectivity index (χ1v) is 29.2. The number of allylic oxidation sites excluding steroid dienone is 18. The number of unbranched alkanes of at least 4 members (excludes halogenated alkanes) is 18. The van der Waals surface area contributed by atoms with Gasteiger partial charge < -0.3 is 19.8 Å². The fourth-order valence-corrected chi connectivity index (χ4v) is 8.19. The normalized spacial score (nSPS) is 14.8. The number of quaternary nitrogens is 1. The zero-order chi connectivity index (χ0) is 50.6. The summed E-state index contributed by atoms with van der Waals surface area (Å²) in [6.45, 7) is 4.74. The van der Waals surface area contributed by atoms with Crippen molar-refractivity contribution in [3.05, 3.63) is 109 Å². The van der Waals surface area contributed by atoms with Crippen molar-refractivity contribution in [1.82, 2.24) is 5.32 Å². The quantitative estimate of drug-likeness (QED) is 0.0243. The summed E-state index contributed by atoms with van der Waals surface area (Å²) in [5.74, 6) is -0.168. The molecule has 0 radical (unpaired) electrons. The molecule has 0 aliphatic rings. The van der Waals surface area contributed by atoms with Crippen LogP contribution in [-0.4, -0.2) is 73.4 Å². The lowest BCUT2D eigenvalue weighted by Gasteiger charge is -2.26. The first-order valence-electron chi connectivity index (χ1n) is 27.8. The summed E-state index contributed by atoms with van der Waals surface area (Å²) in [5.41, 5.74) is 0. The van der Waals surface area contributed by atoms with E-state index in [9.17, 15) is 19.4 Å². The number of likely N-dealkylation sites (N-methyl/N-ethyl adjacent to an activating group) is 1. The van der Waals surface area contributed by atoms with E-state index >= 15 is 0 Å². The molecule has 1 amide bonds. The van der Waals surface area contributed by atoms with Crippen molar-refractivity contribution in [2.75, 3.05) is 40.9 Å². The summed E-state index contributed by atoms with van der Waals surface area (Å²) >= 11 is 0. The van der Waals surface area contributed by atoms with Crippen LogP contribution in [0.25, 0.3) is 0 Å². The van der Waals surface area contributed by atoms with Gasteiger partial charge in [-0.1, -0.05) is 232 Å². The summed E-state index contributed by atoms with van der Waals surface area (Å²) in [6, 6.07) is -0.779. The van der Waals surface area contributed by atoms with Crippen LogP contribution in [0.4, 0.5) is 0 Å². The van der Waals surface area contributed by atoms with E-state index in [2.05, 4.69) is 129 Å². The Morgan fingerprint density at radius 1 is 0.507 bits per heavy atom. The fourth-order valence-electron chi connectivity index (χ4n) is 7.45. The van der Waals surface area contributed by atoms with Gasteiger partial charge in [-0.15, -0.1) is 0 Å². The molecule has 0 fully saturated rings. The smallest absolute Gasteiger partial charge is 0.391 e. The maximum absolute atomic E-state index is 13.0. The zero-order valence-electron chi connectivity index (χ0n) is 45.0. The molecule has 0 rings (SSSR count). The van der Waals surface area contributed by atoms with Gasteiger partial charge in [-0.2, -0.15) is 0 Å². The van der Waals surface area contributed by atoms with Crippen LogP contribution < -0.4 is 5.32 Å². The zero-order valence-corrected chi connectivity index (χ0v) is 45.9. The first kappa shape index (κ1) is 66.2. The van der Waals surface area contributed by atoms with Crippen molar-refractivity contribution in [2.24, 2.45) is 0 Å². The molecule has 0 aromatic carbocycles. The Kier molecular flexibility index (Phi) is 48.1. The topological polar surface area (TPSA) is 105 Å². The molecule has 69 heavy (non-hydrogen) atoms. The summed E-state index contributed by atoms with van der Waals surface area (Å²) in [7, 11) is 1.59. The van der Waals surface area contributed by atoms with Gasteiger partial charge in [0, 0.05) is 6.42 Å². The molecule has 0 aromatic heterocycles. The van der Waals surface area contributed by atoms with Gasteiger partial charge in [0.1, 0.15) is 13.2 Å². The molecule has 0 aromatic rings. The second kappa shape index (κ2) is 50.1. The Morgan fingerprint density at radius 3 is 1.28 bits per heavy atom. The lowest BCUT2D eigenvalue weighted by atomic mass is 10.0. The van der Waals surface area contributed by atoms with Gasteiger partial charge >= 0.3 is 7.82 Å². The van der Waals surface area contributed by atoms with E-state index in [1.807, 2.05) is 21.1 Å². The van der Waals surface area contributed by atoms with Crippen LogP contribution >= 0.6 is 7.82 Å². The number of aliphatic hydroxyl groups is 1. The van der Waals surface area contributed by atoms with E-state index in [0.29, 0.717) is 23.9 Å². The number of amides is 1. The van der Waals surface area contributed by atoms with Gasteiger partial charge in [-0.25, -0.2) is 4.57 Å².